The van der Waals surface area contributed by atoms with Gasteiger partial charge in [-0.05, 0) is 52.6 Å². The van der Waals surface area contributed by atoms with Gasteiger partial charge in [0.05, 0.1) is 24.5 Å². The predicted octanol–water partition coefficient (Wildman–Crippen LogP) is 7.54. The van der Waals surface area contributed by atoms with Gasteiger partial charge in [-0.15, -0.1) is 10.2 Å². The van der Waals surface area contributed by atoms with Crippen molar-refractivity contribution < 1.29 is 23.8 Å². The van der Waals surface area contributed by atoms with Crippen LogP contribution in [-0.4, -0.2) is 33.6 Å². The molecule has 212 valence electrons. The smallest absolute Gasteiger partial charge is 0.296 e. The highest BCUT2D eigenvalue weighted by atomic mass is 32.2. The minimum absolute atomic E-state index is 0.0233. The Balaban J connectivity index is 1.32. The summed E-state index contributed by atoms with van der Waals surface area (Å²) in [6, 6.07) is 23.7. The molecule has 5 aromatic rings. The number of ketones is 1. The molecule has 3 aromatic carbocycles. The summed E-state index contributed by atoms with van der Waals surface area (Å²) in [5.74, 6) is -0.655. The van der Waals surface area contributed by atoms with Gasteiger partial charge in [-0.2, -0.15) is 0 Å². The number of carbonyl (C=O) groups is 2. The summed E-state index contributed by atoms with van der Waals surface area (Å²) in [4.78, 5) is 28.4. The lowest BCUT2D eigenvalue weighted by Gasteiger charge is -2.24. The number of unbranched alkanes of at least 4 members (excludes halogenated alkanes) is 1. The van der Waals surface area contributed by atoms with Gasteiger partial charge in [-0.25, -0.2) is 0 Å². The minimum Gasteiger partial charge on any atom is -0.503 e. The fourth-order valence-corrected chi connectivity index (χ4v) is 6.79. The number of aliphatic hydroxyl groups excluding tert-OH is 1. The summed E-state index contributed by atoms with van der Waals surface area (Å²) in [5, 5.41) is 22.3. The summed E-state index contributed by atoms with van der Waals surface area (Å²) in [6.07, 6.45) is 3.26. The van der Waals surface area contributed by atoms with Crippen LogP contribution >= 0.6 is 23.1 Å². The number of rotatable bonds is 11. The first-order chi connectivity index (χ1) is 20.5. The highest BCUT2D eigenvalue weighted by molar-refractivity contribution is 8.00. The number of Topliss-reactive ketones (excluding diaryl/α,β-unsaturated/α-hetero) is 1. The SMILES string of the molecule is CCCCOc1cccc(C2C(C(=O)c3ccco3)=C(O)C(=O)N2c2nnc(SCc3cccc4ccccc34)s2)c1. The zero-order valence-electron chi connectivity index (χ0n) is 22.7. The van der Waals surface area contributed by atoms with E-state index in [0.29, 0.717) is 28.0 Å². The zero-order chi connectivity index (χ0) is 29.1. The first-order valence-electron chi connectivity index (χ1n) is 13.6. The maximum Gasteiger partial charge on any atom is 0.296 e. The van der Waals surface area contributed by atoms with Crippen LogP contribution in [0, 0.1) is 0 Å². The summed E-state index contributed by atoms with van der Waals surface area (Å²) in [6.45, 7) is 2.62. The molecule has 3 heterocycles. The van der Waals surface area contributed by atoms with Crippen LogP contribution in [0.1, 0.15) is 47.5 Å². The van der Waals surface area contributed by atoms with Crippen LogP contribution in [0.25, 0.3) is 10.8 Å². The van der Waals surface area contributed by atoms with Crippen molar-refractivity contribution in [3.8, 4) is 5.75 Å². The number of furan rings is 1. The molecule has 2 aromatic heterocycles. The summed E-state index contributed by atoms with van der Waals surface area (Å²) < 4.78 is 11.9. The highest BCUT2D eigenvalue weighted by Crippen LogP contribution is 2.44. The Labute approximate surface area is 250 Å². The number of carbonyl (C=O) groups excluding carboxylic acids is 2. The number of aromatic nitrogens is 2. The Morgan fingerprint density at radius 2 is 1.90 bits per heavy atom. The van der Waals surface area contributed by atoms with Crippen molar-refractivity contribution in [1.29, 1.82) is 0 Å². The lowest BCUT2D eigenvalue weighted by molar-refractivity contribution is -0.117. The second-order valence-electron chi connectivity index (χ2n) is 9.70. The molecule has 1 aliphatic rings. The molecule has 42 heavy (non-hydrogen) atoms. The lowest BCUT2D eigenvalue weighted by Crippen LogP contribution is -2.31. The monoisotopic (exact) mass is 597 g/mol. The number of hydrogen-bond donors (Lipinski definition) is 1. The number of hydrogen-bond acceptors (Lipinski definition) is 9. The Morgan fingerprint density at radius 3 is 2.74 bits per heavy atom. The number of fused-ring (bicyclic) bond motifs is 1. The Hall–Kier alpha value is -4.41. The van der Waals surface area contributed by atoms with E-state index in [1.165, 1.54) is 45.7 Å². The van der Waals surface area contributed by atoms with Crippen molar-refractivity contribution in [3.05, 3.63) is 113 Å². The molecule has 0 fully saturated rings. The van der Waals surface area contributed by atoms with Crippen molar-refractivity contribution in [3.63, 3.8) is 0 Å². The van der Waals surface area contributed by atoms with Gasteiger partial charge in [-0.1, -0.05) is 91.0 Å². The van der Waals surface area contributed by atoms with E-state index in [0.717, 1.165) is 23.8 Å². The molecule has 8 nitrogen and oxygen atoms in total. The molecule has 0 saturated carbocycles. The average molecular weight is 598 g/mol. The van der Waals surface area contributed by atoms with E-state index in [9.17, 15) is 14.7 Å². The third kappa shape index (κ3) is 5.43. The van der Waals surface area contributed by atoms with Crippen LogP contribution < -0.4 is 9.64 Å². The molecular formula is C32H27N3O5S2. The van der Waals surface area contributed by atoms with E-state index in [1.54, 1.807) is 24.3 Å². The Kier molecular flexibility index (Phi) is 8.07. The van der Waals surface area contributed by atoms with Crippen LogP contribution in [0.2, 0.25) is 0 Å². The Bertz CT molecular complexity index is 1770. The molecule has 0 aliphatic carbocycles. The van der Waals surface area contributed by atoms with Gasteiger partial charge < -0.3 is 14.3 Å². The van der Waals surface area contributed by atoms with Crippen LogP contribution in [0.3, 0.4) is 0 Å². The number of aliphatic hydroxyl groups is 1. The number of ether oxygens (including phenoxy) is 1. The molecule has 0 radical (unpaired) electrons. The van der Waals surface area contributed by atoms with Gasteiger partial charge in [0, 0.05) is 5.75 Å². The van der Waals surface area contributed by atoms with E-state index < -0.39 is 23.5 Å². The number of amides is 1. The van der Waals surface area contributed by atoms with Gasteiger partial charge in [0.1, 0.15) is 5.75 Å². The maximum absolute atomic E-state index is 13.5. The third-order valence-electron chi connectivity index (χ3n) is 6.97. The largest absolute Gasteiger partial charge is 0.503 e. The molecule has 10 heteroatoms. The normalized spacial score (nSPS) is 15.1. The lowest BCUT2D eigenvalue weighted by atomic mass is 9.95. The third-order valence-corrected chi connectivity index (χ3v) is 9.08. The van der Waals surface area contributed by atoms with E-state index in [1.807, 2.05) is 24.3 Å². The minimum atomic E-state index is -0.950. The standard InChI is InChI=1S/C32H27N3O5S2/c1-2-3-16-39-23-13-7-11-21(18-23)27-26(28(36)25-15-8-17-40-25)29(37)30(38)35(27)31-33-34-32(42-31)41-19-22-12-6-10-20-9-4-5-14-24(20)22/h4-15,17-18,27,37H,2-3,16,19H2,1H3. The fourth-order valence-electron chi connectivity index (χ4n) is 4.92. The first-order valence-corrected chi connectivity index (χ1v) is 15.4. The van der Waals surface area contributed by atoms with Crippen molar-refractivity contribution in [2.45, 2.75) is 35.9 Å². The molecule has 0 spiro atoms. The van der Waals surface area contributed by atoms with Gasteiger partial charge in [-0.3, -0.25) is 14.5 Å². The molecule has 1 atom stereocenters. The maximum atomic E-state index is 13.5. The number of anilines is 1. The highest BCUT2D eigenvalue weighted by Gasteiger charge is 2.46. The van der Waals surface area contributed by atoms with E-state index in [-0.39, 0.29) is 16.5 Å². The van der Waals surface area contributed by atoms with E-state index in [4.69, 9.17) is 9.15 Å². The fraction of sp³-hybridized carbons (Fsp3) is 0.188. The number of benzene rings is 3. The molecule has 1 amide bonds. The predicted molar refractivity (Wildman–Crippen MR) is 163 cm³/mol. The van der Waals surface area contributed by atoms with Crippen LogP contribution in [0.4, 0.5) is 5.13 Å². The molecule has 1 unspecified atom stereocenters. The second-order valence-corrected chi connectivity index (χ2v) is 11.9. The van der Waals surface area contributed by atoms with E-state index >= 15 is 0 Å². The molecular weight excluding hydrogens is 571 g/mol. The first kappa shape index (κ1) is 27.7. The molecule has 1 aliphatic heterocycles. The van der Waals surface area contributed by atoms with E-state index in [2.05, 4.69) is 41.4 Å². The van der Waals surface area contributed by atoms with Crippen molar-refractivity contribution in [2.75, 3.05) is 11.5 Å². The topological polar surface area (TPSA) is 106 Å². The molecule has 0 bridgehead atoms. The molecule has 0 saturated heterocycles. The van der Waals surface area contributed by atoms with Crippen LogP contribution in [-0.2, 0) is 10.5 Å². The van der Waals surface area contributed by atoms with Gasteiger partial charge in [0.2, 0.25) is 10.9 Å². The molecule has 1 N–H and O–H groups in total. The summed E-state index contributed by atoms with van der Waals surface area (Å²) in [7, 11) is 0. The second kappa shape index (κ2) is 12.2. The summed E-state index contributed by atoms with van der Waals surface area (Å²) in [5.41, 5.74) is 1.67. The Morgan fingerprint density at radius 1 is 1.07 bits per heavy atom. The number of nitrogens with zero attached hydrogens (tertiary/aromatic N) is 3. The molecule has 6 rings (SSSR count). The zero-order valence-corrected chi connectivity index (χ0v) is 24.4. The quantitative estimate of drug-likeness (QED) is 0.0721. The van der Waals surface area contributed by atoms with Crippen molar-refractivity contribution in [1.82, 2.24) is 10.2 Å². The summed E-state index contributed by atoms with van der Waals surface area (Å²) >= 11 is 2.75. The van der Waals surface area contributed by atoms with Crippen LogP contribution in [0.15, 0.2) is 105 Å². The van der Waals surface area contributed by atoms with Gasteiger partial charge in [0.15, 0.2) is 15.9 Å². The van der Waals surface area contributed by atoms with Crippen molar-refractivity contribution >= 4 is 50.7 Å². The van der Waals surface area contributed by atoms with Crippen molar-refractivity contribution in [2.24, 2.45) is 0 Å². The van der Waals surface area contributed by atoms with Gasteiger partial charge >= 0.3 is 0 Å². The number of thioether (sulfide) groups is 1. The average Bonchev–Trinajstić information content (AvgIpc) is 3.77. The van der Waals surface area contributed by atoms with Gasteiger partial charge in [0.25, 0.3) is 5.91 Å². The van der Waals surface area contributed by atoms with Crippen LogP contribution in [0.5, 0.6) is 5.75 Å².